The highest BCUT2D eigenvalue weighted by molar-refractivity contribution is 6.04. The van der Waals surface area contributed by atoms with Crippen LogP contribution in [0.4, 0.5) is 0 Å². The number of aliphatic hydroxyl groups is 1. The van der Waals surface area contributed by atoms with Crippen LogP contribution in [0.5, 0.6) is 0 Å². The van der Waals surface area contributed by atoms with E-state index in [0.29, 0.717) is 31.5 Å². The van der Waals surface area contributed by atoms with Gasteiger partial charge < -0.3 is 20.5 Å². The third kappa shape index (κ3) is 2.55. The van der Waals surface area contributed by atoms with Crippen LogP contribution in [-0.4, -0.2) is 33.9 Å². The molecule has 1 heterocycles. The maximum Gasteiger partial charge on any atom is 0.338 e. The Morgan fingerprint density at radius 1 is 1.40 bits per heavy atom. The van der Waals surface area contributed by atoms with Crippen molar-refractivity contribution in [2.75, 3.05) is 13.2 Å². The molecule has 0 aliphatic rings. The van der Waals surface area contributed by atoms with E-state index in [2.05, 4.69) is 0 Å². The van der Waals surface area contributed by atoms with E-state index in [1.807, 2.05) is 22.9 Å². The van der Waals surface area contributed by atoms with Gasteiger partial charge in [-0.15, -0.1) is 0 Å². The average molecular weight is 276 g/mol. The third-order valence-corrected chi connectivity index (χ3v) is 3.52. The highest BCUT2D eigenvalue weighted by atomic mass is 16.4. The van der Waals surface area contributed by atoms with Crippen molar-refractivity contribution in [2.24, 2.45) is 5.73 Å². The van der Waals surface area contributed by atoms with Crippen LogP contribution in [0.3, 0.4) is 0 Å². The van der Waals surface area contributed by atoms with Gasteiger partial charge in [0.15, 0.2) is 0 Å². The number of aliphatic hydroxyl groups excluding tert-OH is 1. The van der Waals surface area contributed by atoms with E-state index in [1.54, 1.807) is 6.92 Å². The molecule has 2 rings (SSSR count). The second-order valence-electron chi connectivity index (χ2n) is 4.92. The fourth-order valence-corrected chi connectivity index (χ4v) is 2.61. The molecule has 1 aromatic heterocycles. The molecular weight excluding hydrogens is 256 g/mol. The van der Waals surface area contributed by atoms with E-state index in [-0.39, 0.29) is 6.61 Å². The number of aromatic carboxylic acids is 1. The van der Waals surface area contributed by atoms with Gasteiger partial charge in [0.05, 0.1) is 11.1 Å². The van der Waals surface area contributed by atoms with Crippen molar-refractivity contribution >= 4 is 16.9 Å². The van der Waals surface area contributed by atoms with Gasteiger partial charge in [0.25, 0.3) is 0 Å². The van der Waals surface area contributed by atoms with Gasteiger partial charge in [0.2, 0.25) is 0 Å². The molecule has 0 saturated heterocycles. The molecule has 20 heavy (non-hydrogen) atoms. The van der Waals surface area contributed by atoms with Crippen molar-refractivity contribution in [3.05, 3.63) is 35.0 Å². The Morgan fingerprint density at radius 3 is 2.75 bits per heavy atom. The number of hydrogen-bond acceptors (Lipinski definition) is 3. The minimum atomic E-state index is -0.921. The lowest BCUT2D eigenvalue weighted by molar-refractivity contribution is 0.0698. The quantitative estimate of drug-likeness (QED) is 0.746. The number of aryl methyl sites for hydroxylation is 2. The van der Waals surface area contributed by atoms with E-state index in [4.69, 9.17) is 10.8 Å². The lowest BCUT2D eigenvalue weighted by Gasteiger charge is -2.08. The summed E-state index contributed by atoms with van der Waals surface area (Å²) in [5.74, 6) is -0.921. The fourth-order valence-electron chi connectivity index (χ4n) is 2.61. The second kappa shape index (κ2) is 6.07. The molecular formula is C15H20N2O3. The van der Waals surface area contributed by atoms with Crippen LogP contribution < -0.4 is 5.73 Å². The summed E-state index contributed by atoms with van der Waals surface area (Å²) >= 11 is 0. The largest absolute Gasteiger partial charge is 0.478 e. The van der Waals surface area contributed by atoms with Crippen molar-refractivity contribution in [2.45, 2.75) is 26.3 Å². The Labute approximate surface area is 117 Å². The van der Waals surface area contributed by atoms with Crippen LogP contribution in [0.1, 0.15) is 27.9 Å². The molecule has 0 fully saturated rings. The number of carboxylic acid groups (broad SMARTS) is 1. The standard InChI is InChI=1S/C15H20N2O3/c1-10-3-4-12-11(5-6-16)9-17(7-2-8-18)14(12)13(10)15(19)20/h3-4,9,18H,2,5-8,16H2,1H3,(H,19,20). The van der Waals surface area contributed by atoms with Crippen molar-refractivity contribution in [1.29, 1.82) is 0 Å². The molecule has 0 aliphatic heterocycles. The Kier molecular flexibility index (Phi) is 4.42. The van der Waals surface area contributed by atoms with Gasteiger partial charge >= 0.3 is 5.97 Å². The topological polar surface area (TPSA) is 88.5 Å². The first kappa shape index (κ1) is 14.6. The molecule has 0 atom stereocenters. The van der Waals surface area contributed by atoms with Crippen molar-refractivity contribution < 1.29 is 15.0 Å². The lowest BCUT2D eigenvalue weighted by Crippen LogP contribution is -2.06. The van der Waals surface area contributed by atoms with Gasteiger partial charge in [-0.05, 0) is 37.4 Å². The van der Waals surface area contributed by atoms with Crippen LogP contribution in [-0.2, 0) is 13.0 Å². The van der Waals surface area contributed by atoms with Crippen molar-refractivity contribution in [3.63, 3.8) is 0 Å². The highest BCUT2D eigenvalue weighted by Gasteiger charge is 2.18. The Morgan fingerprint density at radius 2 is 2.15 bits per heavy atom. The van der Waals surface area contributed by atoms with Crippen LogP contribution in [0.25, 0.3) is 10.9 Å². The second-order valence-corrected chi connectivity index (χ2v) is 4.92. The number of carbonyl (C=O) groups is 1. The number of fused-ring (bicyclic) bond motifs is 1. The Bertz CT molecular complexity index is 632. The lowest BCUT2D eigenvalue weighted by atomic mass is 10.0. The first-order chi connectivity index (χ1) is 9.60. The molecule has 0 unspecified atom stereocenters. The minimum Gasteiger partial charge on any atom is -0.478 e. The summed E-state index contributed by atoms with van der Waals surface area (Å²) in [6.45, 7) is 3.01. The molecule has 5 heteroatoms. The summed E-state index contributed by atoms with van der Waals surface area (Å²) in [7, 11) is 0. The normalized spacial score (nSPS) is 11.2. The number of nitrogens with two attached hydrogens (primary N) is 1. The van der Waals surface area contributed by atoms with E-state index in [0.717, 1.165) is 22.0 Å². The molecule has 0 amide bonds. The van der Waals surface area contributed by atoms with Gasteiger partial charge in [0.1, 0.15) is 0 Å². The summed E-state index contributed by atoms with van der Waals surface area (Å²) in [4.78, 5) is 11.5. The molecule has 0 spiro atoms. The number of nitrogens with zero attached hydrogens (tertiary/aromatic N) is 1. The zero-order valence-electron chi connectivity index (χ0n) is 11.6. The first-order valence-corrected chi connectivity index (χ1v) is 6.75. The van der Waals surface area contributed by atoms with Crippen molar-refractivity contribution in [1.82, 2.24) is 4.57 Å². The molecule has 4 N–H and O–H groups in total. The van der Waals surface area contributed by atoms with Gasteiger partial charge in [-0.25, -0.2) is 4.79 Å². The molecule has 108 valence electrons. The minimum absolute atomic E-state index is 0.0834. The van der Waals surface area contributed by atoms with Crippen LogP contribution >= 0.6 is 0 Å². The van der Waals surface area contributed by atoms with E-state index >= 15 is 0 Å². The molecule has 2 aromatic rings. The van der Waals surface area contributed by atoms with E-state index < -0.39 is 5.97 Å². The van der Waals surface area contributed by atoms with Crippen LogP contribution in [0, 0.1) is 6.92 Å². The Hall–Kier alpha value is -1.85. The molecule has 0 saturated carbocycles. The monoisotopic (exact) mass is 276 g/mol. The highest BCUT2D eigenvalue weighted by Crippen LogP contribution is 2.28. The molecule has 1 aromatic carbocycles. The van der Waals surface area contributed by atoms with Gasteiger partial charge in [-0.3, -0.25) is 0 Å². The smallest absolute Gasteiger partial charge is 0.338 e. The zero-order chi connectivity index (χ0) is 14.7. The van der Waals surface area contributed by atoms with E-state index in [1.165, 1.54) is 0 Å². The summed E-state index contributed by atoms with van der Waals surface area (Å²) in [5.41, 5.74) is 8.49. The number of rotatable bonds is 6. The summed E-state index contributed by atoms with van der Waals surface area (Å²) in [6, 6.07) is 3.79. The predicted octanol–water partition coefficient (Wildman–Crippen LogP) is 1.53. The zero-order valence-corrected chi connectivity index (χ0v) is 11.6. The number of aromatic nitrogens is 1. The molecule has 0 radical (unpaired) electrons. The van der Waals surface area contributed by atoms with Gasteiger partial charge in [0, 0.05) is 24.7 Å². The molecule has 5 nitrogen and oxygen atoms in total. The number of hydrogen-bond donors (Lipinski definition) is 3. The maximum atomic E-state index is 11.5. The SMILES string of the molecule is Cc1ccc2c(CCN)cn(CCCO)c2c1C(=O)O. The predicted molar refractivity (Wildman–Crippen MR) is 78.1 cm³/mol. The Balaban J connectivity index is 2.69. The molecule has 0 aliphatic carbocycles. The van der Waals surface area contributed by atoms with Gasteiger partial charge in [-0.2, -0.15) is 0 Å². The first-order valence-electron chi connectivity index (χ1n) is 6.75. The summed E-state index contributed by atoms with van der Waals surface area (Å²) in [5, 5.41) is 19.4. The van der Waals surface area contributed by atoms with Crippen LogP contribution in [0.2, 0.25) is 0 Å². The summed E-state index contributed by atoms with van der Waals surface area (Å²) < 4.78 is 1.92. The third-order valence-electron chi connectivity index (χ3n) is 3.52. The average Bonchev–Trinajstić information content (AvgIpc) is 2.74. The van der Waals surface area contributed by atoms with E-state index in [9.17, 15) is 9.90 Å². The number of benzene rings is 1. The number of carboxylic acids is 1. The van der Waals surface area contributed by atoms with Crippen molar-refractivity contribution in [3.8, 4) is 0 Å². The molecule has 0 bridgehead atoms. The fraction of sp³-hybridized carbons (Fsp3) is 0.400. The van der Waals surface area contributed by atoms with Gasteiger partial charge in [-0.1, -0.05) is 12.1 Å². The summed E-state index contributed by atoms with van der Waals surface area (Å²) in [6.07, 6.45) is 3.27. The maximum absolute atomic E-state index is 11.5. The van der Waals surface area contributed by atoms with Crippen LogP contribution in [0.15, 0.2) is 18.3 Å².